The average Bonchev–Trinajstić information content (AvgIpc) is 2.77. The van der Waals surface area contributed by atoms with Crippen LogP contribution in [0.3, 0.4) is 0 Å². The Kier molecular flexibility index (Phi) is 4.78. The minimum atomic E-state index is -1.30. The molecule has 0 bridgehead atoms. The highest BCUT2D eigenvalue weighted by atomic mass is 16.4. The van der Waals surface area contributed by atoms with Crippen molar-refractivity contribution in [2.75, 3.05) is 0 Å². The van der Waals surface area contributed by atoms with Crippen molar-refractivity contribution in [2.24, 2.45) is 5.73 Å². The number of carbonyl (C=O) groups is 3. The Labute approximate surface area is 102 Å². The summed E-state index contributed by atoms with van der Waals surface area (Å²) in [6.07, 6.45) is 2.35. The van der Waals surface area contributed by atoms with Crippen LogP contribution in [0.4, 0.5) is 0 Å². The van der Waals surface area contributed by atoms with Crippen LogP contribution in [-0.2, 0) is 20.9 Å². The van der Waals surface area contributed by atoms with Crippen LogP contribution >= 0.6 is 0 Å². The highest BCUT2D eigenvalue weighted by molar-refractivity contribution is 5.88. The van der Waals surface area contributed by atoms with E-state index in [1.807, 2.05) is 0 Å². The fourth-order valence-electron chi connectivity index (χ4n) is 1.23. The molecule has 0 aromatic carbocycles. The summed E-state index contributed by atoms with van der Waals surface area (Å²) in [5.41, 5.74) is 4.88. The molecule has 0 aliphatic heterocycles. The van der Waals surface area contributed by atoms with Gasteiger partial charge in [-0.05, 0) is 0 Å². The van der Waals surface area contributed by atoms with E-state index in [9.17, 15) is 14.4 Å². The molecule has 1 heterocycles. The molecule has 0 aliphatic rings. The maximum atomic E-state index is 11.4. The molecule has 0 fully saturated rings. The minimum Gasteiger partial charge on any atom is -0.480 e. The molecule has 2 amide bonds. The third-order valence-corrected chi connectivity index (χ3v) is 2.07. The van der Waals surface area contributed by atoms with Crippen molar-refractivity contribution >= 4 is 17.8 Å². The van der Waals surface area contributed by atoms with Crippen molar-refractivity contribution in [3.05, 3.63) is 12.7 Å². The number of nitrogens with one attached hydrogen (secondary N) is 1. The lowest BCUT2D eigenvalue weighted by Crippen LogP contribution is -2.43. The Hall–Kier alpha value is -2.45. The predicted octanol–water partition coefficient (Wildman–Crippen LogP) is -1.89. The van der Waals surface area contributed by atoms with Crippen LogP contribution in [0.15, 0.2) is 12.7 Å². The lowest BCUT2D eigenvalue weighted by atomic mass is 10.2. The summed E-state index contributed by atoms with van der Waals surface area (Å²) in [7, 11) is 0. The Balaban J connectivity index is 2.41. The third-order valence-electron chi connectivity index (χ3n) is 2.07. The van der Waals surface area contributed by atoms with Crippen LogP contribution < -0.4 is 11.1 Å². The number of carboxylic acids is 1. The smallest absolute Gasteiger partial charge is 0.326 e. The van der Waals surface area contributed by atoms with E-state index >= 15 is 0 Å². The molecule has 0 unspecified atom stereocenters. The van der Waals surface area contributed by atoms with Crippen LogP contribution in [0.25, 0.3) is 0 Å². The van der Waals surface area contributed by atoms with Gasteiger partial charge in [0, 0.05) is 6.42 Å². The second-order valence-electron chi connectivity index (χ2n) is 3.54. The lowest BCUT2D eigenvalue weighted by Gasteiger charge is -2.12. The van der Waals surface area contributed by atoms with E-state index in [1.165, 1.54) is 17.3 Å². The molecule has 98 valence electrons. The molecule has 0 radical (unpaired) electrons. The molecule has 1 atom stereocenters. The molecule has 9 nitrogen and oxygen atoms in total. The first-order valence-electron chi connectivity index (χ1n) is 5.12. The number of nitrogens with zero attached hydrogens (tertiary/aromatic N) is 3. The standard InChI is InChI=1S/C9H13N5O4/c10-7(15)3-6(9(17)18)13-8(16)1-2-14-5-11-4-12-14/h4-6H,1-3H2,(H2,10,15)(H,13,16)(H,17,18)/t6-/m1/s1. The molecule has 1 rings (SSSR count). The summed E-state index contributed by atoms with van der Waals surface area (Å²) in [5.74, 6) is -2.60. The summed E-state index contributed by atoms with van der Waals surface area (Å²) < 4.78 is 1.43. The second-order valence-corrected chi connectivity index (χ2v) is 3.54. The fourth-order valence-corrected chi connectivity index (χ4v) is 1.23. The molecule has 0 saturated heterocycles. The van der Waals surface area contributed by atoms with Crippen molar-refractivity contribution in [3.8, 4) is 0 Å². The van der Waals surface area contributed by atoms with Gasteiger partial charge in [0.25, 0.3) is 0 Å². The molecular formula is C9H13N5O4. The predicted molar refractivity (Wildman–Crippen MR) is 58.0 cm³/mol. The van der Waals surface area contributed by atoms with E-state index in [2.05, 4.69) is 15.4 Å². The van der Waals surface area contributed by atoms with Gasteiger partial charge in [0.1, 0.15) is 18.7 Å². The van der Waals surface area contributed by atoms with E-state index in [0.717, 1.165) is 0 Å². The zero-order valence-corrected chi connectivity index (χ0v) is 9.44. The number of primary amides is 1. The van der Waals surface area contributed by atoms with Crippen molar-refractivity contribution in [2.45, 2.75) is 25.4 Å². The van der Waals surface area contributed by atoms with Crippen molar-refractivity contribution in [1.29, 1.82) is 0 Å². The molecule has 1 aromatic rings. The average molecular weight is 255 g/mol. The normalized spacial score (nSPS) is 11.8. The molecule has 0 saturated carbocycles. The SMILES string of the molecule is NC(=O)C[C@@H](NC(=O)CCn1cncn1)C(=O)O. The van der Waals surface area contributed by atoms with E-state index in [4.69, 9.17) is 10.8 Å². The van der Waals surface area contributed by atoms with Crippen LogP contribution in [0.2, 0.25) is 0 Å². The second kappa shape index (κ2) is 6.33. The van der Waals surface area contributed by atoms with Gasteiger partial charge in [-0.3, -0.25) is 14.3 Å². The lowest BCUT2D eigenvalue weighted by molar-refractivity contribution is -0.143. The number of carbonyl (C=O) groups excluding carboxylic acids is 2. The van der Waals surface area contributed by atoms with Crippen molar-refractivity contribution in [1.82, 2.24) is 20.1 Å². The van der Waals surface area contributed by atoms with Gasteiger partial charge in [0.2, 0.25) is 11.8 Å². The largest absolute Gasteiger partial charge is 0.480 e. The van der Waals surface area contributed by atoms with Gasteiger partial charge >= 0.3 is 5.97 Å². The molecule has 9 heteroatoms. The quantitative estimate of drug-likeness (QED) is 0.520. The maximum absolute atomic E-state index is 11.4. The van der Waals surface area contributed by atoms with E-state index < -0.39 is 30.2 Å². The summed E-state index contributed by atoms with van der Waals surface area (Å²) in [6.45, 7) is 0.273. The Morgan fingerprint density at radius 3 is 2.67 bits per heavy atom. The number of nitrogens with two attached hydrogens (primary N) is 1. The Bertz CT molecular complexity index is 430. The molecule has 0 aliphatic carbocycles. The van der Waals surface area contributed by atoms with Gasteiger partial charge in [-0.25, -0.2) is 9.78 Å². The number of amides is 2. The first kappa shape index (κ1) is 13.6. The van der Waals surface area contributed by atoms with Crippen LogP contribution in [0, 0.1) is 0 Å². The van der Waals surface area contributed by atoms with E-state index in [-0.39, 0.29) is 13.0 Å². The monoisotopic (exact) mass is 255 g/mol. The van der Waals surface area contributed by atoms with E-state index in [0.29, 0.717) is 0 Å². The topological polar surface area (TPSA) is 140 Å². The Morgan fingerprint density at radius 2 is 2.17 bits per heavy atom. The number of carboxylic acid groups (broad SMARTS) is 1. The van der Waals surface area contributed by atoms with Crippen LogP contribution in [0.1, 0.15) is 12.8 Å². The zero-order chi connectivity index (χ0) is 13.5. The van der Waals surface area contributed by atoms with Crippen LogP contribution in [0.5, 0.6) is 0 Å². The number of aliphatic carboxylic acids is 1. The summed E-state index contributed by atoms with van der Waals surface area (Å²) in [5, 5.41) is 14.8. The fraction of sp³-hybridized carbons (Fsp3) is 0.444. The van der Waals surface area contributed by atoms with Crippen molar-refractivity contribution < 1.29 is 19.5 Å². The highest BCUT2D eigenvalue weighted by Crippen LogP contribution is 1.94. The molecule has 1 aromatic heterocycles. The summed E-state index contributed by atoms with van der Waals surface area (Å²) in [4.78, 5) is 36.5. The maximum Gasteiger partial charge on any atom is 0.326 e. The number of rotatable bonds is 7. The van der Waals surface area contributed by atoms with Crippen LogP contribution in [-0.4, -0.2) is 43.7 Å². The van der Waals surface area contributed by atoms with E-state index in [1.54, 1.807) is 0 Å². The first-order valence-corrected chi connectivity index (χ1v) is 5.12. The highest BCUT2D eigenvalue weighted by Gasteiger charge is 2.21. The molecular weight excluding hydrogens is 242 g/mol. The third kappa shape index (κ3) is 4.60. The number of aromatic nitrogens is 3. The minimum absolute atomic E-state index is 0.0336. The number of hydrogen-bond donors (Lipinski definition) is 3. The first-order chi connectivity index (χ1) is 8.49. The number of aryl methyl sites for hydroxylation is 1. The molecule has 4 N–H and O–H groups in total. The van der Waals surface area contributed by atoms with Gasteiger partial charge in [-0.2, -0.15) is 5.10 Å². The summed E-state index contributed by atoms with van der Waals surface area (Å²) in [6, 6.07) is -1.30. The van der Waals surface area contributed by atoms with Gasteiger partial charge in [-0.15, -0.1) is 0 Å². The van der Waals surface area contributed by atoms with Gasteiger partial charge in [0.05, 0.1) is 13.0 Å². The zero-order valence-electron chi connectivity index (χ0n) is 9.44. The molecule has 0 spiro atoms. The van der Waals surface area contributed by atoms with Gasteiger partial charge in [0.15, 0.2) is 0 Å². The van der Waals surface area contributed by atoms with Gasteiger partial charge in [-0.1, -0.05) is 0 Å². The molecule has 18 heavy (non-hydrogen) atoms. The number of hydrogen-bond acceptors (Lipinski definition) is 5. The van der Waals surface area contributed by atoms with Gasteiger partial charge < -0.3 is 16.2 Å². The van der Waals surface area contributed by atoms with Crippen molar-refractivity contribution in [3.63, 3.8) is 0 Å². The summed E-state index contributed by atoms with van der Waals surface area (Å²) >= 11 is 0. The Morgan fingerprint density at radius 1 is 1.44 bits per heavy atom.